The van der Waals surface area contributed by atoms with Crippen LogP contribution in [0.3, 0.4) is 0 Å². The summed E-state index contributed by atoms with van der Waals surface area (Å²) >= 11 is 0. The maximum atomic E-state index is 12.7. The lowest BCUT2D eigenvalue weighted by atomic mass is 9.78. The molecule has 2 aliphatic rings. The largest absolute Gasteiger partial charge is 0.507 e. The minimum atomic E-state index is -0.597. The summed E-state index contributed by atoms with van der Waals surface area (Å²) in [5.41, 5.74) is 0.851. The van der Waals surface area contributed by atoms with Crippen molar-refractivity contribution in [1.29, 1.82) is 0 Å². The van der Waals surface area contributed by atoms with Crippen LogP contribution in [0.4, 0.5) is 0 Å². The van der Waals surface area contributed by atoms with Crippen molar-refractivity contribution in [3.8, 4) is 5.75 Å². The van der Waals surface area contributed by atoms with Crippen molar-refractivity contribution in [3.63, 3.8) is 0 Å². The number of rotatable bonds is 2. The van der Waals surface area contributed by atoms with Gasteiger partial charge < -0.3 is 14.6 Å². The van der Waals surface area contributed by atoms with Crippen LogP contribution < -0.4 is 0 Å². The maximum absolute atomic E-state index is 12.7. The van der Waals surface area contributed by atoms with Crippen molar-refractivity contribution < 1.29 is 29.0 Å². The molecule has 3 rings (SSSR count). The van der Waals surface area contributed by atoms with Crippen LogP contribution in [-0.4, -0.2) is 42.0 Å². The van der Waals surface area contributed by atoms with Gasteiger partial charge in [-0.25, -0.2) is 0 Å². The molecule has 0 saturated carbocycles. The molecule has 2 atom stereocenters. The topological polar surface area (TPSA) is 89.9 Å². The van der Waals surface area contributed by atoms with Crippen LogP contribution >= 0.6 is 0 Å². The number of phenols is 1. The number of hydrogen-bond acceptors (Lipinski definition) is 6. The van der Waals surface area contributed by atoms with Gasteiger partial charge in [0.05, 0.1) is 31.3 Å². The van der Waals surface area contributed by atoms with Crippen molar-refractivity contribution in [2.24, 2.45) is 0 Å². The maximum Gasteiger partial charge on any atom is 0.308 e. The Morgan fingerprint density at radius 1 is 1.35 bits per heavy atom. The van der Waals surface area contributed by atoms with Gasteiger partial charge in [-0.3, -0.25) is 14.4 Å². The second kappa shape index (κ2) is 5.62. The normalized spacial score (nSPS) is 23.4. The molecule has 1 aliphatic heterocycles. The van der Waals surface area contributed by atoms with Gasteiger partial charge in [-0.1, -0.05) is 12.1 Å². The van der Waals surface area contributed by atoms with E-state index in [1.165, 1.54) is 25.3 Å². The van der Waals surface area contributed by atoms with Crippen LogP contribution in [0.2, 0.25) is 0 Å². The smallest absolute Gasteiger partial charge is 0.308 e. The fourth-order valence-electron chi connectivity index (χ4n) is 3.18. The highest BCUT2D eigenvalue weighted by Crippen LogP contribution is 2.39. The number of hydrogen-bond donors (Lipinski definition) is 1. The third-order valence-electron chi connectivity index (χ3n) is 4.21. The van der Waals surface area contributed by atoms with Gasteiger partial charge in [0.15, 0.2) is 11.6 Å². The average molecular weight is 316 g/mol. The molecule has 1 aromatic carbocycles. The zero-order valence-electron chi connectivity index (χ0n) is 12.8. The first-order chi connectivity index (χ1) is 10.9. The van der Waals surface area contributed by atoms with Gasteiger partial charge in [0, 0.05) is 23.1 Å². The van der Waals surface area contributed by atoms with Crippen molar-refractivity contribution in [2.75, 3.05) is 7.11 Å². The lowest BCUT2D eigenvalue weighted by Gasteiger charge is -2.33. The number of methoxy groups -OCH3 is 1. The molecule has 120 valence electrons. The summed E-state index contributed by atoms with van der Waals surface area (Å²) in [6.45, 7) is 1.68. The predicted octanol–water partition coefficient (Wildman–Crippen LogP) is 1.81. The second-order valence-corrected chi connectivity index (χ2v) is 5.63. The molecular weight excluding hydrogens is 300 g/mol. The molecule has 0 unspecified atom stereocenters. The molecule has 0 saturated heterocycles. The van der Waals surface area contributed by atoms with Gasteiger partial charge in [0.2, 0.25) is 0 Å². The number of aromatic hydroxyl groups is 1. The number of benzene rings is 1. The number of ether oxygens (including phenoxy) is 2. The summed E-state index contributed by atoms with van der Waals surface area (Å²) in [6, 6.07) is 4.43. The first-order valence-electron chi connectivity index (χ1n) is 7.30. The molecule has 0 radical (unpaired) electrons. The van der Waals surface area contributed by atoms with Crippen molar-refractivity contribution in [3.05, 3.63) is 40.5 Å². The third-order valence-corrected chi connectivity index (χ3v) is 4.21. The summed E-state index contributed by atoms with van der Waals surface area (Å²) in [5, 5.41) is 9.95. The van der Waals surface area contributed by atoms with Gasteiger partial charge in [-0.15, -0.1) is 0 Å². The molecule has 6 heteroatoms. The zero-order valence-corrected chi connectivity index (χ0v) is 12.8. The van der Waals surface area contributed by atoms with E-state index < -0.39 is 18.2 Å². The average Bonchev–Trinajstić information content (AvgIpc) is 2.51. The number of carbonyl (C=O) groups excluding carboxylic acids is 3. The Morgan fingerprint density at radius 2 is 2.09 bits per heavy atom. The quantitative estimate of drug-likeness (QED) is 0.837. The summed E-state index contributed by atoms with van der Waals surface area (Å²) in [6.07, 6.45) is -0.972. The molecular formula is C17H16O6. The Bertz CT molecular complexity index is 745. The van der Waals surface area contributed by atoms with Crippen LogP contribution in [0.15, 0.2) is 29.3 Å². The van der Waals surface area contributed by atoms with Crippen LogP contribution in [0.1, 0.15) is 40.5 Å². The Balaban J connectivity index is 2.02. The molecule has 23 heavy (non-hydrogen) atoms. The molecule has 0 amide bonds. The molecule has 6 nitrogen and oxygen atoms in total. The number of fused-ring (bicyclic) bond motifs is 1. The Kier molecular flexibility index (Phi) is 3.77. The number of carbonyl (C=O) groups is 3. The van der Waals surface area contributed by atoms with Gasteiger partial charge in [-0.05, 0) is 13.0 Å². The molecule has 1 aromatic rings. The van der Waals surface area contributed by atoms with Gasteiger partial charge in [0.25, 0.3) is 0 Å². The van der Waals surface area contributed by atoms with Gasteiger partial charge >= 0.3 is 5.97 Å². The molecule has 1 aliphatic carbocycles. The lowest BCUT2D eigenvalue weighted by molar-refractivity contribution is -0.144. The SMILES string of the molecule is COC(=O)C[C@@H]1CC2=C(C(=O)c3cccc(O)c3C2=O)[C@@H](C)O1. The molecule has 0 aromatic heterocycles. The van der Waals surface area contributed by atoms with E-state index in [-0.39, 0.29) is 41.3 Å². The molecule has 0 spiro atoms. The molecule has 0 bridgehead atoms. The number of ketones is 2. The van der Waals surface area contributed by atoms with E-state index in [9.17, 15) is 19.5 Å². The Labute approximate surface area is 132 Å². The summed E-state index contributed by atoms with van der Waals surface area (Å²) in [4.78, 5) is 36.8. The van der Waals surface area contributed by atoms with Crippen molar-refractivity contribution in [2.45, 2.75) is 32.0 Å². The van der Waals surface area contributed by atoms with E-state index in [1.54, 1.807) is 6.92 Å². The zero-order chi connectivity index (χ0) is 16.7. The number of phenolic OH excluding ortho intramolecular Hbond substituents is 1. The first kappa shape index (κ1) is 15.4. The fourth-order valence-corrected chi connectivity index (χ4v) is 3.18. The number of Topliss-reactive ketones (excluding diaryl/α,β-unsaturated/α-hetero) is 2. The van der Waals surface area contributed by atoms with E-state index in [0.29, 0.717) is 11.1 Å². The highest BCUT2D eigenvalue weighted by molar-refractivity contribution is 6.28. The predicted molar refractivity (Wildman–Crippen MR) is 79.4 cm³/mol. The molecule has 1 heterocycles. The Morgan fingerprint density at radius 3 is 2.78 bits per heavy atom. The van der Waals surface area contributed by atoms with E-state index in [4.69, 9.17) is 4.74 Å². The van der Waals surface area contributed by atoms with Crippen molar-refractivity contribution >= 4 is 17.5 Å². The first-order valence-corrected chi connectivity index (χ1v) is 7.30. The van der Waals surface area contributed by atoms with E-state index in [1.807, 2.05) is 0 Å². The van der Waals surface area contributed by atoms with Gasteiger partial charge in [0.1, 0.15) is 5.75 Å². The minimum Gasteiger partial charge on any atom is -0.507 e. The molecule has 0 fully saturated rings. The van der Waals surface area contributed by atoms with Gasteiger partial charge in [-0.2, -0.15) is 0 Å². The highest BCUT2D eigenvalue weighted by Gasteiger charge is 2.41. The van der Waals surface area contributed by atoms with Crippen LogP contribution in [0.25, 0.3) is 0 Å². The van der Waals surface area contributed by atoms with E-state index in [0.717, 1.165) is 0 Å². The lowest BCUT2D eigenvalue weighted by Crippen LogP contribution is -2.38. The summed E-state index contributed by atoms with van der Waals surface area (Å²) in [7, 11) is 1.28. The van der Waals surface area contributed by atoms with Crippen LogP contribution in [0, 0.1) is 0 Å². The van der Waals surface area contributed by atoms with E-state index >= 15 is 0 Å². The monoisotopic (exact) mass is 316 g/mol. The second-order valence-electron chi connectivity index (χ2n) is 5.63. The summed E-state index contributed by atoms with van der Waals surface area (Å²) < 4.78 is 10.3. The Hall–Kier alpha value is -2.47. The van der Waals surface area contributed by atoms with E-state index in [2.05, 4.69) is 4.74 Å². The highest BCUT2D eigenvalue weighted by atomic mass is 16.5. The van der Waals surface area contributed by atoms with Crippen molar-refractivity contribution in [1.82, 2.24) is 0 Å². The number of esters is 1. The van der Waals surface area contributed by atoms with Crippen LogP contribution in [0.5, 0.6) is 5.75 Å². The summed E-state index contributed by atoms with van der Waals surface area (Å²) in [5.74, 6) is -1.34. The van der Waals surface area contributed by atoms with Crippen LogP contribution in [-0.2, 0) is 14.3 Å². The minimum absolute atomic E-state index is 0.00667. The third kappa shape index (κ3) is 2.45. The standard InChI is InChI=1S/C17H16O6/c1-8-14-11(6-9(23-8)7-13(19)22-2)17(21)15-10(16(14)20)4-3-5-12(15)18/h3-5,8-9,18H,6-7H2,1-2H3/t8-,9+/m1/s1. The molecule has 1 N–H and O–H groups in total. The fraction of sp³-hybridized carbons (Fsp3) is 0.353.